The van der Waals surface area contributed by atoms with Gasteiger partial charge >= 0.3 is 5.97 Å². The highest BCUT2D eigenvalue weighted by molar-refractivity contribution is 5.66. The van der Waals surface area contributed by atoms with Crippen molar-refractivity contribution < 1.29 is 19.4 Å². The summed E-state index contributed by atoms with van der Waals surface area (Å²) in [5, 5.41) is 10.9. The second-order valence-electron chi connectivity index (χ2n) is 9.25. The molecule has 1 aliphatic rings. The number of aliphatic hydroxyl groups is 1. The number of piperidine rings is 1. The Bertz CT molecular complexity index is 988. The molecule has 35 heavy (non-hydrogen) atoms. The number of hydrogen-bond acceptors (Lipinski definition) is 5. The van der Waals surface area contributed by atoms with E-state index in [1.807, 2.05) is 66.7 Å². The van der Waals surface area contributed by atoms with Crippen LogP contribution in [-0.2, 0) is 14.3 Å². The molecule has 184 valence electrons. The van der Waals surface area contributed by atoms with Crippen LogP contribution in [-0.4, -0.2) is 48.3 Å². The number of esters is 1. The van der Waals surface area contributed by atoms with Gasteiger partial charge in [0.05, 0.1) is 6.10 Å². The normalized spacial score (nSPS) is 19.4. The first kappa shape index (κ1) is 25.1. The molecule has 0 radical (unpaired) electrons. The summed E-state index contributed by atoms with van der Waals surface area (Å²) in [6, 6.07) is 30.3. The molecule has 0 spiro atoms. The smallest absolute Gasteiger partial charge is 0.303 e. The van der Waals surface area contributed by atoms with Gasteiger partial charge in [0, 0.05) is 26.6 Å². The van der Waals surface area contributed by atoms with E-state index < -0.39 is 6.10 Å². The molecule has 1 N–H and O–H groups in total. The molecule has 4 rings (SSSR count). The van der Waals surface area contributed by atoms with Crippen LogP contribution in [0, 0.1) is 5.92 Å². The maximum atomic E-state index is 11.7. The van der Waals surface area contributed by atoms with Crippen LogP contribution in [0.3, 0.4) is 0 Å². The van der Waals surface area contributed by atoms with E-state index in [0.717, 1.165) is 36.1 Å². The van der Waals surface area contributed by atoms with Crippen molar-refractivity contribution >= 4 is 5.97 Å². The van der Waals surface area contributed by atoms with E-state index in [9.17, 15) is 9.90 Å². The van der Waals surface area contributed by atoms with Gasteiger partial charge in [0.25, 0.3) is 0 Å². The quantitative estimate of drug-likeness (QED) is 0.412. The van der Waals surface area contributed by atoms with Gasteiger partial charge in [0.1, 0.15) is 12.2 Å². The Labute approximate surface area is 208 Å². The lowest BCUT2D eigenvalue weighted by Crippen LogP contribution is -2.45. The number of nitrogens with zero attached hydrogens (tertiary/aromatic N) is 1. The number of carbonyl (C=O) groups is 1. The van der Waals surface area contributed by atoms with E-state index in [4.69, 9.17) is 9.47 Å². The third kappa shape index (κ3) is 7.25. The van der Waals surface area contributed by atoms with Crippen LogP contribution in [0.5, 0.6) is 0 Å². The van der Waals surface area contributed by atoms with Crippen molar-refractivity contribution in [1.29, 1.82) is 0 Å². The molecule has 3 atom stereocenters. The highest BCUT2D eigenvalue weighted by atomic mass is 16.5. The highest BCUT2D eigenvalue weighted by Gasteiger charge is 2.30. The summed E-state index contributed by atoms with van der Waals surface area (Å²) < 4.78 is 12.0. The number of rotatable bonds is 10. The third-order valence-corrected chi connectivity index (χ3v) is 6.69. The van der Waals surface area contributed by atoms with E-state index in [1.54, 1.807) is 0 Å². The van der Waals surface area contributed by atoms with Gasteiger partial charge in [-0.25, -0.2) is 0 Å². The van der Waals surface area contributed by atoms with Crippen molar-refractivity contribution in [3.8, 4) is 0 Å². The van der Waals surface area contributed by atoms with E-state index in [0.29, 0.717) is 19.7 Å². The van der Waals surface area contributed by atoms with Crippen molar-refractivity contribution in [1.82, 2.24) is 4.90 Å². The third-order valence-electron chi connectivity index (χ3n) is 6.69. The van der Waals surface area contributed by atoms with E-state index in [1.165, 1.54) is 6.92 Å². The summed E-state index contributed by atoms with van der Waals surface area (Å²) in [5.41, 5.74) is 3.23. The summed E-state index contributed by atoms with van der Waals surface area (Å²) >= 11 is 0. The zero-order chi connectivity index (χ0) is 24.5. The lowest BCUT2D eigenvalue weighted by Gasteiger charge is -2.37. The standard InChI is InChI=1S/C30H35NO4/c1-23(32)35-29(25-11-5-2-6-12-25)22-31-19-17-24(28(33)21-31)18-20-34-30(26-13-7-3-8-14-26)27-15-9-4-10-16-27/h2-16,24,28-30,33H,17-22H2,1H3/t24-,28+,29-/m0/s1. The Morgan fingerprint density at radius 1 is 0.914 bits per heavy atom. The van der Waals surface area contributed by atoms with E-state index >= 15 is 0 Å². The Morgan fingerprint density at radius 3 is 1.97 bits per heavy atom. The van der Waals surface area contributed by atoms with Gasteiger partial charge in [-0.3, -0.25) is 9.69 Å². The number of ether oxygens (including phenoxy) is 2. The number of likely N-dealkylation sites (tertiary alicyclic amines) is 1. The minimum Gasteiger partial charge on any atom is -0.456 e. The molecule has 1 heterocycles. The van der Waals surface area contributed by atoms with Crippen LogP contribution in [0.15, 0.2) is 91.0 Å². The van der Waals surface area contributed by atoms with Crippen molar-refractivity contribution in [3.05, 3.63) is 108 Å². The van der Waals surface area contributed by atoms with Crippen LogP contribution in [0.4, 0.5) is 0 Å². The summed E-state index contributed by atoms with van der Waals surface area (Å²) in [5.74, 6) is -0.111. The number of β-amino-alcohol motifs (C(OH)–C–C–N with tert-alkyl or cyclic N) is 1. The molecule has 1 fully saturated rings. The van der Waals surface area contributed by atoms with Gasteiger partial charge in [0.15, 0.2) is 0 Å². The van der Waals surface area contributed by atoms with Crippen LogP contribution in [0.1, 0.15) is 48.7 Å². The van der Waals surface area contributed by atoms with Crippen LogP contribution in [0.25, 0.3) is 0 Å². The summed E-state index contributed by atoms with van der Waals surface area (Å²) in [6.07, 6.45) is 0.793. The second-order valence-corrected chi connectivity index (χ2v) is 9.25. The molecule has 0 aromatic heterocycles. The Kier molecular flexibility index (Phi) is 9.07. The molecule has 3 aromatic rings. The molecule has 0 amide bonds. The van der Waals surface area contributed by atoms with Gasteiger partial charge in [-0.1, -0.05) is 91.0 Å². The molecule has 0 aliphatic carbocycles. The van der Waals surface area contributed by atoms with Crippen LogP contribution in [0.2, 0.25) is 0 Å². The maximum Gasteiger partial charge on any atom is 0.303 e. The molecule has 3 aromatic carbocycles. The predicted octanol–water partition coefficient (Wildman–Crippen LogP) is 5.17. The summed E-state index contributed by atoms with van der Waals surface area (Å²) in [6.45, 7) is 4.02. The lowest BCUT2D eigenvalue weighted by atomic mass is 9.90. The molecule has 1 aliphatic heterocycles. The molecule has 5 nitrogen and oxygen atoms in total. The van der Waals surface area contributed by atoms with Gasteiger partial charge in [0.2, 0.25) is 0 Å². The summed E-state index contributed by atoms with van der Waals surface area (Å²) in [4.78, 5) is 13.9. The summed E-state index contributed by atoms with van der Waals surface area (Å²) in [7, 11) is 0. The molecule has 0 saturated carbocycles. The van der Waals surface area contributed by atoms with Crippen LogP contribution < -0.4 is 0 Å². The Morgan fingerprint density at radius 2 is 1.46 bits per heavy atom. The molecular weight excluding hydrogens is 438 g/mol. The number of benzene rings is 3. The van der Waals surface area contributed by atoms with Crippen molar-refractivity contribution in [2.45, 2.75) is 38.1 Å². The molecular formula is C30H35NO4. The van der Waals surface area contributed by atoms with Crippen molar-refractivity contribution in [2.24, 2.45) is 5.92 Å². The van der Waals surface area contributed by atoms with E-state index in [2.05, 4.69) is 29.2 Å². The fourth-order valence-corrected chi connectivity index (χ4v) is 4.84. The molecule has 0 bridgehead atoms. The first-order valence-corrected chi connectivity index (χ1v) is 12.4. The number of carbonyl (C=O) groups excluding carboxylic acids is 1. The van der Waals surface area contributed by atoms with Gasteiger partial charge in [-0.05, 0) is 42.0 Å². The first-order valence-electron chi connectivity index (χ1n) is 12.4. The second kappa shape index (κ2) is 12.6. The average Bonchev–Trinajstić information content (AvgIpc) is 2.88. The fourth-order valence-electron chi connectivity index (χ4n) is 4.84. The zero-order valence-electron chi connectivity index (χ0n) is 20.3. The average molecular weight is 474 g/mol. The fraction of sp³-hybridized carbons (Fsp3) is 0.367. The topological polar surface area (TPSA) is 59.0 Å². The molecule has 1 saturated heterocycles. The molecule has 0 unspecified atom stereocenters. The van der Waals surface area contributed by atoms with Gasteiger partial charge < -0.3 is 14.6 Å². The van der Waals surface area contributed by atoms with Crippen molar-refractivity contribution in [3.63, 3.8) is 0 Å². The van der Waals surface area contributed by atoms with E-state index in [-0.39, 0.29) is 24.1 Å². The first-order chi connectivity index (χ1) is 17.1. The van der Waals surface area contributed by atoms with Gasteiger partial charge in [-0.15, -0.1) is 0 Å². The largest absolute Gasteiger partial charge is 0.456 e. The van der Waals surface area contributed by atoms with Gasteiger partial charge in [-0.2, -0.15) is 0 Å². The SMILES string of the molecule is CC(=O)O[C@@H](CN1CC[C@@H](CCOC(c2ccccc2)c2ccccc2)[C@H](O)C1)c1ccccc1. The predicted molar refractivity (Wildman–Crippen MR) is 137 cm³/mol. The van der Waals surface area contributed by atoms with Crippen molar-refractivity contribution in [2.75, 3.05) is 26.2 Å². The zero-order valence-corrected chi connectivity index (χ0v) is 20.3. The maximum absolute atomic E-state index is 11.7. The minimum atomic E-state index is -0.437. The Hall–Kier alpha value is -2.99. The number of hydrogen-bond donors (Lipinski definition) is 1. The monoisotopic (exact) mass is 473 g/mol. The number of aliphatic hydroxyl groups excluding tert-OH is 1. The van der Waals surface area contributed by atoms with Crippen LogP contribution >= 0.6 is 0 Å². The Balaban J connectivity index is 1.31. The molecule has 5 heteroatoms. The minimum absolute atomic E-state index is 0.120. The highest BCUT2D eigenvalue weighted by Crippen LogP contribution is 2.29. The lowest BCUT2D eigenvalue weighted by molar-refractivity contribution is -0.148.